The van der Waals surface area contributed by atoms with Gasteiger partial charge in [0.15, 0.2) is 0 Å². The Kier molecular flexibility index (Phi) is 3.11. The summed E-state index contributed by atoms with van der Waals surface area (Å²) in [6.07, 6.45) is 2.42. The van der Waals surface area contributed by atoms with E-state index in [4.69, 9.17) is 0 Å². The number of hydrogen-bond donors (Lipinski definition) is 1. The topological polar surface area (TPSA) is 40.5 Å². The minimum Gasteiger partial charge on any atom is -0.386 e. The lowest BCUT2D eigenvalue weighted by Crippen LogP contribution is -2.37. The lowest BCUT2D eigenvalue weighted by Gasteiger charge is -2.29. The Morgan fingerprint density at radius 1 is 1.24 bits per heavy atom. The molecule has 0 aliphatic carbocycles. The van der Waals surface area contributed by atoms with Crippen molar-refractivity contribution in [3.8, 4) is 0 Å². The summed E-state index contributed by atoms with van der Waals surface area (Å²) in [5.41, 5.74) is 1.42. The van der Waals surface area contributed by atoms with Crippen molar-refractivity contribution < 1.29 is 9.90 Å². The summed E-state index contributed by atoms with van der Waals surface area (Å²) in [5.74, 6) is -0.127. The fourth-order valence-corrected chi connectivity index (χ4v) is 2.00. The van der Waals surface area contributed by atoms with E-state index in [9.17, 15) is 9.90 Å². The van der Waals surface area contributed by atoms with Gasteiger partial charge in [0.25, 0.3) is 5.91 Å². The first-order valence-electron chi connectivity index (χ1n) is 5.54. The van der Waals surface area contributed by atoms with E-state index in [1.807, 2.05) is 37.3 Å². The van der Waals surface area contributed by atoms with Gasteiger partial charge in [-0.2, -0.15) is 0 Å². The first kappa shape index (κ1) is 11.6. The van der Waals surface area contributed by atoms with Gasteiger partial charge in [0.05, 0.1) is 12.1 Å². The first-order valence-corrected chi connectivity index (χ1v) is 5.54. The fraction of sp³-hybridized carbons (Fsp3) is 0.214. The molecule has 0 unspecified atom stereocenters. The smallest absolute Gasteiger partial charge is 0.251 e. The van der Waals surface area contributed by atoms with Crippen LogP contribution < -0.4 is 0 Å². The molecule has 1 heterocycles. The third-order valence-electron chi connectivity index (χ3n) is 2.97. The van der Waals surface area contributed by atoms with E-state index >= 15 is 0 Å². The molecule has 1 aliphatic heterocycles. The highest BCUT2D eigenvalue weighted by Gasteiger charge is 2.29. The van der Waals surface area contributed by atoms with Crippen LogP contribution in [0.4, 0.5) is 0 Å². The van der Waals surface area contributed by atoms with Crippen molar-refractivity contribution in [1.29, 1.82) is 0 Å². The molecule has 0 fully saturated rings. The van der Waals surface area contributed by atoms with E-state index in [1.54, 1.807) is 6.08 Å². The number of aliphatic hydroxyl groups excluding tert-OH is 1. The van der Waals surface area contributed by atoms with Crippen LogP contribution in [-0.4, -0.2) is 22.0 Å². The second-order valence-electron chi connectivity index (χ2n) is 4.13. The summed E-state index contributed by atoms with van der Waals surface area (Å²) in [6.45, 7) is 5.60. The van der Waals surface area contributed by atoms with Crippen molar-refractivity contribution >= 4 is 5.91 Å². The van der Waals surface area contributed by atoms with E-state index in [0.29, 0.717) is 5.70 Å². The molecule has 0 saturated heterocycles. The van der Waals surface area contributed by atoms with E-state index in [0.717, 1.165) is 5.56 Å². The van der Waals surface area contributed by atoms with Crippen LogP contribution in [0.25, 0.3) is 0 Å². The highest BCUT2D eigenvalue weighted by molar-refractivity contribution is 5.93. The molecule has 2 atom stereocenters. The van der Waals surface area contributed by atoms with Crippen molar-refractivity contribution in [2.75, 3.05) is 0 Å². The molecule has 2 rings (SSSR count). The summed E-state index contributed by atoms with van der Waals surface area (Å²) >= 11 is 0. The number of nitrogens with zero attached hydrogens (tertiary/aromatic N) is 1. The first-order chi connectivity index (χ1) is 8.11. The number of aliphatic hydroxyl groups is 1. The van der Waals surface area contributed by atoms with E-state index in [-0.39, 0.29) is 11.9 Å². The second-order valence-corrected chi connectivity index (χ2v) is 4.13. The normalized spacial score (nSPS) is 18.6. The summed E-state index contributed by atoms with van der Waals surface area (Å²) in [5, 5.41) is 10.2. The molecule has 17 heavy (non-hydrogen) atoms. The molecule has 1 aliphatic rings. The van der Waals surface area contributed by atoms with Crippen molar-refractivity contribution in [1.82, 2.24) is 4.90 Å². The van der Waals surface area contributed by atoms with Crippen molar-refractivity contribution in [3.63, 3.8) is 0 Å². The SMILES string of the molecule is C=C1C=CC(=O)N1[C@@H](C)[C@H](O)c1ccccc1. The number of carbonyl (C=O) groups is 1. The number of amides is 1. The van der Waals surface area contributed by atoms with Crippen LogP contribution in [0.1, 0.15) is 18.6 Å². The molecule has 1 amide bonds. The van der Waals surface area contributed by atoms with Gasteiger partial charge in [-0.15, -0.1) is 0 Å². The van der Waals surface area contributed by atoms with Gasteiger partial charge in [0.1, 0.15) is 0 Å². The molecule has 3 heteroatoms. The Labute approximate surface area is 101 Å². The standard InChI is InChI=1S/C14H15NO2/c1-10-8-9-13(16)15(10)11(2)14(17)12-6-4-3-5-7-12/h3-9,11,14,17H,1H2,2H3/t11-,14-/m0/s1. The average molecular weight is 229 g/mol. The maximum atomic E-state index is 11.6. The Balaban J connectivity index is 2.18. The Morgan fingerprint density at radius 2 is 1.88 bits per heavy atom. The van der Waals surface area contributed by atoms with Crippen molar-refractivity contribution in [2.45, 2.75) is 19.1 Å². The molecular weight excluding hydrogens is 214 g/mol. The third-order valence-corrected chi connectivity index (χ3v) is 2.97. The van der Waals surface area contributed by atoms with Crippen LogP contribution in [0, 0.1) is 0 Å². The highest BCUT2D eigenvalue weighted by atomic mass is 16.3. The number of benzene rings is 1. The van der Waals surface area contributed by atoms with Gasteiger partial charge in [-0.25, -0.2) is 0 Å². The van der Waals surface area contributed by atoms with Gasteiger partial charge in [-0.1, -0.05) is 36.9 Å². The van der Waals surface area contributed by atoms with Gasteiger partial charge >= 0.3 is 0 Å². The predicted octanol–water partition coefficient (Wildman–Crippen LogP) is 2.02. The van der Waals surface area contributed by atoms with Gasteiger partial charge in [0, 0.05) is 11.8 Å². The molecule has 3 nitrogen and oxygen atoms in total. The molecule has 0 aromatic heterocycles. The number of rotatable bonds is 3. The maximum Gasteiger partial charge on any atom is 0.251 e. The van der Waals surface area contributed by atoms with Crippen LogP contribution in [0.3, 0.4) is 0 Å². The van der Waals surface area contributed by atoms with Crippen LogP contribution >= 0.6 is 0 Å². The van der Waals surface area contributed by atoms with Crippen LogP contribution in [0.15, 0.2) is 54.8 Å². The van der Waals surface area contributed by atoms with Gasteiger partial charge in [-0.3, -0.25) is 4.79 Å². The minimum absolute atomic E-state index is 0.127. The van der Waals surface area contributed by atoms with E-state index in [2.05, 4.69) is 6.58 Å². The molecule has 0 radical (unpaired) electrons. The Bertz CT molecular complexity index is 446. The lowest BCUT2D eigenvalue weighted by atomic mass is 10.0. The van der Waals surface area contributed by atoms with Crippen molar-refractivity contribution in [3.05, 3.63) is 60.3 Å². The Hall–Kier alpha value is -1.87. The maximum absolute atomic E-state index is 11.6. The predicted molar refractivity (Wildman–Crippen MR) is 66.0 cm³/mol. The van der Waals surface area contributed by atoms with Crippen LogP contribution in [0.5, 0.6) is 0 Å². The Morgan fingerprint density at radius 3 is 2.41 bits per heavy atom. The summed E-state index contributed by atoms with van der Waals surface area (Å²) in [4.78, 5) is 13.1. The molecule has 0 saturated carbocycles. The second kappa shape index (κ2) is 4.55. The zero-order chi connectivity index (χ0) is 12.4. The summed E-state index contributed by atoms with van der Waals surface area (Å²) < 4.78 is 0. The van der Waals surface area contributed by atoms with Crippen molar-refractivity contribution in [2.24, 2.45) is 0 Å². The fourth-order valence-electron chi connectivity index (χ4n) is 2.00. The molecule has 0 bridgehead atoms. The number of hydrogen-bond acceptors (Lipinski definition) is 2. The molecular formula is C14H15NO2. The number of carbonyl (C=O) groups excluding carboxylic acids is 1. The average Bonchev–Trinajstić information content (AvgIpc) is 2.68. The van der Waals surface area contributed by atoms with E-state index in [1.165, 1.54) is 11.0 Å². The van der Waals surface area contributed by atoms with Gasteiger partial charge in [-0.05, 0) is 18.6 Å². The molecule has 1 N–H and O–H groups in total. The zero-order valence-corrected chi connectivity index (χ0v) is 9.71. The minimum atomic E-state index is -0.711. The summed E-state index contributed by atoms with van der Waals surface area (Å²) in [7, 11) is 0. The molecule has 1 aromatic rings. The third kappa shape index (κ3) is 2.15. The number of allylic oxidation sites excluding steroid dienone is 1. The molecule has 1 aromatic carbocycles. The molecule has 88 valence electrons. The summed E-state index contributed by atoms with van der Waals surface area (Å²) in [6, 6.07) is 8.99. The lowest BCUT2D eigenvalue weighted by molar-refractivity contribution is -0.126. The molecule has 0 spiro atoms. The van der Waals surface area contributed by atoms with Crippen LogP contribution in [-0.2, 0) is 4.79 Å². The zero-order valence-electron chi connectivity index (χ0n) is 9.71. The van der Waals surface area contributed by atoms with Gasteiger partial charge in [0.2, 0.25) is 0 Å². The largest absolute Gasteiger partial charge is 0.386 e. The highest BCUT2D eigenvalue weighted by Crippen LogP contribution is 2.26. The van der Waals surface area contributed by atoms with Crippen LogP contribution in [0.2, 0.25) is 0 Å². The monoisotopic (exact) mass is 229 g/mol. The van der Waals surface area contributed by atoms with E-state index < -0.39 is 6.10 Å². The van der Waals surface area contributed by atoms with Gasteiger partial charge < -0.3 is 10.0 Å². The quantitative estimate of drug-likeness (QED) is 0.861.